The molecule has 0 unspecified atom stereocenters. The fourth-order valence-electron chi connectivity index (χ4n) is 2.44. The van der Waals surface area contributed by atoms with Gasteiger partial charge in [0.15, 0.2) is 5.96 Å². The molecule has 6 nitrogen and oxygen atoms in total. The molecule has 0 heterocycles. The molecule has 2 rings (SSSR count). The van der Waals surface area contributed by atoms with Crippen molar-refractivity contribution >= 4 is 29.9 Å². The van der Waals surface area contributed by atoms with Crippen molar-refractivity contribution in [3.8, 4) is 17.2 Å². The average Bonchev–Trinajstić information content (AvgIpc) is 2.68. The lowest BCUT2D eigenvalue weighted by Crippen LogP contribution is -2.36. The van der Waals surface area contributed by atoms with Gasteiger partial charge in [-0.2, -0.15) is 8.78 Å². The summed E-state index contributed by atoms with van der Waals surface area (Å²) in [6.45, 7) is -2.18. The topological polar surface area (TPSA) is 64.1 Å². The fourth-order valence-corrected chi connectivity index (χ4v) is 2.44. The van der Waals surface area contributed by atoms with Gasteiger partial charge in [-0.1, -0.05) is 18.2 Å². The molecule has 0 amide bonds. The molecular weight excluding hydrogens is 483 g/mol. The maximum atomic E-state index is 12.6. The Balaban J connectivity index is 0.00000392. The van der Waals surface area contributed by atoms with Crippen LogP contribution in [-0.4, -0.2) is 33.8 Å². The Morgan fingerprint density at radius 3 is 2.18 bits per heavy atom. The summed E-state index contributed by atoms with van der Waals surface area (Å²) in [7, 11) is 4.70. The highest BCUT2D eigenvalue weighted by molar-refractivity contribution is 14.0. The van der Waals surface area contributed by atoms with E-state index in [1.807, 2.05) is 24.3 Å². The molecule has 0 aliphatic rings. The van der Waals surface area contributed by atoms with Gasteiger partial charge in [0.1, 0.15) is 17.2 Å². The smallest absolute Gasteiger partial charge is 0.387 e. The van der Waals surface area contributed by atoms with Crippen LogP contribution in [0.3, 0.4) is 0 Å². The van der Waals surface area contributed by atoms with E-state index in [0.717, 1.165) is 11.3 Å². The SMILES string of the molecule is CN=C(NCc1ccccc1OC)NCc1ccc(OC)cc1OC(F)F.I. The fraction of sp³-hybridized carbons (Fsp3) is 0.316. The van der Waals surface area contributed by atoms with E-state index in [1.165, 1.54) is 13.2 Å². The van der Waals surface area contributed by atoms with Crippen molar-refractivity contribution in [1.29, 1.82) is 0 Å². The van der Waals surface area contributed by atoms with Gasteiger partial charge in [0, 0.05) is 37.3 Å². The molecule has 0 atom stereocenters. The molecule has 0 aliphatic heterocycles. The number of ether oxygens (including phenoxy) is 3. The summed E-state index contributed by atoms with van der Waals surface area (Å²) >= 11 is 0. The van der Waals surface area contributed by atoms with Crippen molar-refractivity contribution in [2.45, 2.75) is 19.7 Å². The number of guanidine groups is 1. The minimum absolute atomic E-state index is 0. The lowest BCUT2D eigenvalue weighted by molar-refractivity contribution is -0.0505. The highest BCUT2D eigenvalue weighted by atomic mass is 127. The molecular formula is C19H24F2IN3O3. The van der Waals surface area contributed by atoms with Gasteiger partial charge in [-0.3, -0.25) is 4.99 Å². The molecule has 0 radical (unpaired) electrons. The predicted molar refractivity (Wildman–Crippen MR) is 115 cm³/mol. The van der Waals surface area contributed by atoms with Gasteiger partial charge in [0.05, 0.1) is 14.2 Å². The van der Waals surface area contributed by atoms with Gasteiger partial charge >= 0.3 is 6.61 Å². The van der Waals surface area contributed by atoms with E-state index in [9.17, 15) is 8.78 Å². The Kier molecular flexibility index (Phi) is 10.4. The molecule has 0 saturated carbocycles. The second kappa shape index (κ2) is 12.2. The second-order valence-corrected chi connectivity index (χ2v) is 5.44. The van der Waals surface area contributed by atoms with E-state index >= 15 is 0 Å². The number of rotatable bonds is 8. The number of aliphatic imine (C=N–C) groups is 1. The molecule has 0 saturated heterocycles. The molecule has 0 aromatic heterocycles. The molecule has 28 heavy (non-hydrogen) atoms. The first kappa shape index (κ1) is 23.7. The minimum atomic E-state index is -2.92. The summed E-state index contributed by atoms with van der Waals surface area (Å²) in [5.74, 6) is 1.77. The number of nitrogens with zero attached hydrogens (tertiary/aromatic N) is 1. The Labute approximate surface area is 180 Å². The third-order valence-corrected chi connectivity index (χ3v) is 3.80. The highest BCUT2D eigenvalue weighted by Gasteiger charge is 2.12. The van der Waals surface area contributed by atoms with Crippen LogP contribution in [-0.2, 0) is 13.1 Å². The normalized spacial score (nSPS) is 10.9. The van der Waals surface area contributed by atoms with E-state index in [1.54, 1.807) is 26.3 Å². The number of alkyl halides is 2. The summed E-state index contributed by atoms with van der Waals surface area (Å²) in [5, 5.41) is 6.24. The van der Waals surface area contributed by atoms with Crippen molar-refractivity contribution < 1.29 is 23.0 Å². The number of para-hydroxylation sites is 1. The van der Waals surface area contributed by atoms with Crippen LogP contribution < -0.4 is 24.8 Å². The van der Waals surface area contributed by atoms with E-state index in [-0.39, 0.29) is 36.3 Å². The molecule has 0 spiro atoms. The van der Waals surface area contributed by atoms with Gasteiger partial charge < -0.3 is 24.8 Å². The Bertz CT molecular complexity index is 776. The monoisotopic (exact) mass is 507 g/mol. The van der Waals surface area contributed by atoms with Crippen LogP contribution in [0.25, 0.3) is 0 Å². The van der Waals surface area contributed by atoms with Gasteiger partial charge in [0.2, 0.25) is 0 Å². The summed E-state index contributed by atoms with van der Waals surface area (Å²) in [6, 6.07) is 12.4. The highest BCUT2D eigenvalue weighted by Crippen LogP contribution is 2.26. The second-order valence-electron chi connectivity index (χ2n) is 5.44. The third kappa shape index (κ3) is 7.02. The summed E-state index contributed by atoms with van der Waals surface area (Å²) < 4.78 is 40.3. The van der Waals surface area contributed by atoms with Crippen LogP contribution in [0.5, 0.6) is 17.2 Å². The first-order valence-electron chi connectivity index (χ1n) is 8.25. The first-order chi connectivity index (χ1) is 13.1. The minimum Gasteiger partial charge on any atom is -0.497 e. The van der Waals surface area contributed by atoms with Crippen LogP contribution in [0.2, 0.25) is 0 Å². The van der Waals surface area contributed by atoms with E-state index in [2.05, 4.69) is 20.4 Å². The zero-order valence-electron chi connectivity index (χ0n) is 15.9. The number of hydrogen-bond acceptors (Lipinski definition) is 4. The van der Waals surface area contributed by atoms with Crippen molar-refractivity contribution in [2.24, 2.45) is 4.99 Å². The van der Waals surface area contributed by atoms with E-state index in [4.69, 9.17) is 9.47 Å². The number of methoxy groups -OCH3 is 2. The standard InChI is InChI=1S/C19H23F2N3O3.HI/c1-22-19(23-11-13-6-4-5-7-16(13)26-3)24-12-14-8-9-15(25-2)10-17(14)27-18(20)21;/h4-10,18H,11-12H2,1-3H3,(H2,22,23,24);1H. The number of benzene rings is 2. The van der Waals surface area contributed by atoms with E-state index < -0.39 is 6.61 Å². The van der Waals surface area contributed by atoms with Crippen LogP contribution in [0.4, 0.5) is 8.78 Å². The van der Waals surface area contributed by atoms with Crippen molar-refractivity contribution in [3.05, 3.63) is 53.6 Å². The summed E-state index contributed by atoms with van der Waals surface area (Å²) in [6.07, 6.45) is 0. The van der Waals surface area contributed by atoms with Crippen LogP contribution in [0.15, 0.2) is 47.5 Å². The van der Waals surface area contributed by atoms with Gasteiger partial charge in [-0.25, -0.2) is 0 Å². The maximum absolute atomic E-state index is 12.6. The van der Waals surface area contributed by atoms with Gasteiger partial charge in [-0.05, 0) is 18.2 Å². The molecule has 154 valence electrons. The van der Waals surface area contributed by atoms with Crippen molar-refractivity contribution in [1.82, 2.24) is 10.6 Å². The molecule has 9 heteroatoms. The average molecular weight is 507 g/mol. The molecule has 2 N–H and O–H groups in total. The molecule has 2 aromatic carbocycles. The Hall–Kier alpha value is -2.30. The molecule has 0 bridgehead atoms. The lowest BCUT2D eigenvalue weighted by Gasteiger charge is -2.16. The Morgan fingerprint density at radius 2 is 1.61 bits per heavy atom. The number of halogens is 3. The van der Waals surface area contributed by atoms with Crippen LogP contribution >= 0.6 is 24.0 Å². The van der Waals surface area contributed by atoms with Crippen LogP contribution in [0.1, 0.15) is 11.1 Å². The summed E-state index contributed by atoms with van der Waals surface area (Å²) in [5.41, 5.74) is 1.52. The zero-order valence-corrected chi connectivity index (χ0v) is 18.2. The molecule has 0 fully saturated rings. The van der Waals surface area contributed by atoms with Crippen molar-refractivity contribution in [2.75, 3.05) is 21.3 Å². The maximum Gasteiger partial charge on any atom is 0.387 e. The van der Waals surface area contributed by atoms with Crippen LogP contribution in [0, 0.1) is 0 Å². The Morgan fingerprint density at radius 1 is 0.964 bits per heavy atom. The quantitative estimate of drug-likeness (QED) is 0.324. The molecule has 2 aromatic rings. The zero-order chi connectivity index (χ0) is 19.6. The predicted octanol–water partition coefficient (Wildman–Crippen LogP) is 3.79. The number of nitrogens with one attached hydrogen (secondary N) is 2. The van der Waals surface area contributed by atoms with Crippen molar-refractivity contribution in [3.63, 3.8) is 0 Å². The van der Waals surface area contributed by atoms with Gasteiger partial charge in [-0.15, -0.1) is 24.0 Å². The third-order valence-electron chi connectivity index (χ3n) is 3.80. The largest absolute Gasteiger partial charge is 0.497 e. The summed E-state index contributed by atoms with van der Waals surface area (Å²) in [4.78, 5) is 4.14. The lowest BCUT2D eigenvalue weighted by atomic mass is 10.2. The van der Waals surface area contributed by atoms with E-state index in [0.29, 0.717) is 23.8 Å². The number of hydrogen-bond donors (Lipinski definition) is 2. The van der Waals surface area contributed by atoms with Gasteiger partial charge in [0.25, 0.3) is 0 Å². The first-order valence-corrected chi connectivity index (χ1v) is 8.25. The molecule has 0 aliphatic carbocycles.